The summed E-state index contributed by atoms with van der Waals surface area (Å²) < 4.78 is 40.8. The summed E-state index contributed by atoms with van der Waals surface area (Å²) in [4.78, 5) is 12.0. The molecule has 0 saturated heterocycles. The number of carbonyl (C=O) groups excluding carboxylic acids is 1. The molecule has 9 heteroatoms. The molecule has 0 bridgehead atoms. The third-order valence-corrected chi connectivity index (χ3v) is 3.59. The van der Waals surface area contributed by atoms with Gasteiger partial charge in [-0.2, -0.15) is 18.3 Å². The SMILES string of the molecule is CC(C)NC(=O)c1cnn(-c2ccc(Cl)c(Cl)c2)c1C(F)(F)F. The summed E-state index contributed by atoms with van der Waals surface area (Å²) in [5, 5.41) is 6.39. The first-order valence-corrected chi connectivity index (χ1v) is 7.28. The Balaban J connectivity index is 2.59. The second-order valence-electron chi connectivity index (χ2n) is 5.04. The molecule has 1 heterocycles. The van der Waals surface area contributed by atoms with E-state index in [0.717, 1.165) is 6.20 Å². The summed E-state index contributed by atoms with van der Waals surface area (Å²) in [6, 6.07) is 3.63. The predicted molar refractivity (Wildman–Crippen MR) is 81.2 cm³/mol. The van der Waals surface area contributed by atoms with E-state index >= 15 is 0 Å². The molecule has 0 unspecified atom stereocenters. The van der Waals surface area contributed by atoms with Gasteiger partial charge in [0.2, 0.25) is 0 Å². The summed E-state index contributed by atoms with van der Waals surface area (Å²) in [5.74, 6) is -0.848. The molecule has 23 heavy (non-hydrogen) atoms. The van der Waals surface area contributed by atoms with Gasteiger partial charge >= 0.3 is 6.18 Å². The van der Waals surface area contributed by atoms with Gasteiger partial charge in [-0.1, -0.05) is 23.2 Å². The molecule has 124 valence electrons. The Bertz CT molecular complexity index is 741. The van der Waals surface area contributed by atoms with Crippen molar-refractivity contribution in [1.82, 2.24) is 15.1 Å². The third-order valence-electron chi connectivity index (χ3n) is 2.85. The highest BCUT2D eigenvalue weighted by Crippen LogP contribution is 2.34. The summed E-state index contributed by atoms with van der Waals surface area (Å²) in [6.07, 6.45) is -3.89. The van der Waals surface area contributed by atoms with E-state index in [0.29, 0.717) is 4.68 Å². The van der Waals surface area contributed by atoms with Gasteiger partial charge < -0.3 is 5.32 Å². The molecule has 1 aromatic heterocycles. The maximum atomic E-state index is 13.4. The molecule has 4 nitrogen and oxygen atoms in total. The molecule has 1 aromatic carbocycles. The minimum atomic E-state index is -4.77. The van der Waals surface area contributed by atoms with E-state index in [1.165, 1.54) is 18.2 Å². The fourth-order valence-electron chi connectivity index (χ4n) is 1.94. The largest absolute Gasteiger partial charge is 0.434 e. The van der Waals surface area contributed by atoms with E-state index in [-0.39, 0.29) is 21.8 Å². The zero-order valence-corrected chi connectivity index (χ0v) is 13.6. The second-order valence-corrected chi connectivity index (χ2v) is 5.86. The smallest absolute Gasteiger partial charge is 0.350 e. The standard InChI is InChI=1S/C14H12Cl2F3N3O/c1-7(2)21-13(23)9-6-20-22(12(9)14(17,18)19)8-3-4-10(15)11(16)5-8/h3-7H,1-2H3,(H,21,23). The minimum Gasteiger partial charge on any atom is -0.350 e. The van der Waals surface area contributed by atoms with Crippen LogP contribution in [0.2, 0.25) is 10.0 Å². The molecular formula is C14H12Cl2F3N3O. The quantitative estimate of drug-likeness (QED) is 0.879. The number of rotatable bonds is 3. The van der Waals surface area contributed by atoms with E-state index in [1.54, 1.807) is 13.8 Å². The van der Waals surface area contributed by atoms with Crippen LogP contribution in [0.1, 0.15) is 29.9 Å². The van der Waals surface area contributed by atoms with Crippen molar-refractivity contribution in [2.24, 2.45) is 0 Å². The molecule has 0 spiro atoms. The molecule has 0 aliphatic heterocycles. The molecule has 2 rings (SSSR count). The number of amides is 1. The van der Waals surface area contributed by atoms with Crippen molar-refractivity contribution < 1.29 is 18.0 Å². The second kappa shape index (κ2) is 6.41. The molecule has 0 atom stereocenters. The Morgan fingerprint density at radius 2 is 1.91 bits per heavy atom. The highest BCUT2D eigenvalue weighted by Gasteiger charge is 2.40. The van der Waals surface area contributed by atoms with Crippen LogP contribution < -0.4 is 5.32 Å². The lowest BCUT2D eigenvalue weighted by atomic mass is 10.2. The van der Waals surface area contributed by atoms with Gasteiger partial charge in [0.1, 0.15) is 0 Å². The molecule has 0 radical (unpaired) electrons. The van der Waals surface area contributed by atoms with E-state index in [9.17, 15) is 18.0 Å². The van der Waals surface area contributed by atoms with Gasteiger partial charge in [-0.05, 0) is 32.0 Å². The lowest BCUT2D eigenvalue weighted by Crippen LogP contribution is -2.31. The molecule has 2 aromatic rings. The van der Waals surface area contributed by atoms with Crippen molar-refractivity contribution in [3.05, 3.63) is 45.7 Å². The number of halogens is 5. The van der Waals surface area contributed by atoms with Crippen LogP contribution in [0.5, 0.6) is 0 Å². The Hall–Kier alpha value is -1.73. The minimum absolute atomic E-state index is 0.0512. The maximum Gasteiger partial charge on any atom is 0.434 e. The normalized spacial score (nSPS) is 11.8. The van der Waals surface area contributed by atoms with Crippen LogP contribution >= 0.6 is 23.2 Å². The fourth-order valence-corrected chi connectivity index (χ4v) is 2.23. The molecule has 0 aliphatic rings. The summed E-state index contributed by atoms with van der Waals surface area (Å²) in [5.41, 5.74) is -1.68. The van der Waals surface area contributed by atoms with Gasteiger partial charge in [-0.3, -0.25) is 4.79 Å². The highest BCUT2D eigenvalue weighted by atomic mass is 35.5. The topological polar surface area (TPSA) is 46.9 Å². The van der Waals surface area contributed by atoms with Crippen LogP contribution in [-0.2, 0) is 6.18 Å². The van der Waals surface area contributed by atoms with Gasteiger partial charge in [-0.15, -0.1) is 0 Å². The van der Waals surface area contributed by atoms with Crippen LogP contribution in [-0.4, -0.2) is 21.7 Å². The number of carbonyl (C=O) groups is 1. The van der Waals surface area contributed by atoms with Crippen molar-refractivity contribution >= 4 is 29.1 Å². The predicted octanol–water partition coefficient (Wildman–Crippen LogP) is 4.34. The van der Waals surface area contributed by atoms with E-state index in [1.807, 2.05) is 0 Å². The first kappa shape index (κ1) is 17.6. The fraction of sp³-hybridized carbons (Fsp3) is 0.286. The molecule has 1 amide bonds. The van der Waals surface area contributed by atoms with Gasteiger partial charge in [0.25, 0.3) is 5.91 Å². The zero-order valence-electron chi connectivity index (χ0n) is 12.1. The van der Waals surface area contributed by atoms with Crippen molar-refractivity contribution in [1.29, 1.82) is 0 Å². The number of hydrogen-bond donors (Lipinski definition) is 1. The van der Waals surface area contributed by atoms with E-state index in [4.69, 9.17) is 23.2 Å². The number of nitrogens with zero attached hydrogens (tertiary/aromatic N) is 2. The van der Waals surface area contributed by atoms with E-state index < -0.39 is 23.3 Å². The summed E-state index contributed by atoms with van der Waals surface area (Å²) >= 11 is 11.6. The summed E-state index contributed by atoms with van der Waals surface area (Å²) in [6.45, 7) is 3.29. The Labute approximate surface area is 140 Å². The number of aromatic nitrogens is 2. The van der Waals surface area contributed by atoms with Crippen molar-refractivity contribution in [2.75, 3.05) is 0 Å². The first-order valence-electron chi connectivity index (χ1n) is 6.52. The summed E-state index contributed by atoms with van der Waals surface area (Å²) in [7, 11) is 0. The molecule has 0 saturated carbocycles. The van der Waals surface area contributed by atoms with Crippen LogP contribution in [0, 0.1) is 0 Å². The lowest BCUT2D eigenvalue weighted by Gasteiger charge is -2.14. The van der Waals surface area contributed by atoms with Gasteiger partial charge in [0.15, 0.2) is 5.69 Å². The lowest BCUT2D eigenvalue weighted by molar-refractivity contribution is -0.143. The average molecular weight is 366 g/mol. The number of alkyl halides is 3. The Morgan fingerprint density at radius 3 is 2.43 bits per heavy atom. The number of hydrogen-bond acceptors (Lipinski definition) is 2. The zero-order chi connectivity index (χ0) is 17.4. The van der Waals surface area contributed by atoms with Crippen LogP contribution in [0.3, 0.4) is 0 Å². The van der Waals surface area contributed by atoms with Crippen molar-refractivity contribution in [3.8, 4) is 5.69 Å². The average Bonchev–Trinajstić information content (AvgIpc) is 2.86. The molecular weight excluding hydrogens is 354 g/mol. The van der Waals surface area contributed by atoms with Crippen molar-refractivity contribution in [2.45, 2.75) is 26.1 Å². The van der Waals surface area contributed by atoms with Crippen LogP contribution in [0.15, 0.2) is 24.4 Å². The van der Waals surface area contributed by atoms with Gasteiger partial charge in [-0.25, -0.2) is 4.68 Å². The van der Waals surface area contributed by atoms with Crippen LogP contribution in [0.4, 0.5) is 13.2 Å². The van der Waals surface area contributed by atoms with Crippen LogP contribution in [0.25, 0.3) is 5.69 Å². The number of benzene rings is 1. The maximum absolute atomic E-state index is 13.4. The first-order chi connectivity index (χ1) is 10.6. The third kappa shape index (κ3) is 3.79. The monoisotopic (exact) mass is 365 g/mol. The highest BCUT2D eigenvalue weighted by molar-refractivity contribution is 6.42. The van der Waals surface area contributed by atoms with Gasteiger partial charge in [0, 0.05) is 6.04 Å². The Morgan fingerprint density at radius 1 is 1.26 bits per heavy atom. The number of nitrogens with one attached hydrogen (secondary N) is 1. The Kier molecular flexibility index (Phi) is 4.91. The molecule has 1 N–H and O–H groups in total. The molecule has 0 fully saturated rings. The van der Waals surface area contributed by atoms with E-state index in [2.05, 4.69) is 10.4 Å². The van der Waals surface area contributed by atoms with Crippen molar-refractivity contribution in [3.63, 3.8) is 0 Å². The molecule has 0 aliphatic carbocycles. The van der Waals surface area contributed by atoms with Gasteiger partial charge in [0.05, 0.1) is 27.5 Å².